The van der Waals surface area contributed by atoms with Crippen molar-refractivity contribution in [3.63, 3.8) is 0 Å². The highest BCUT2D eigenvalue weighted by Crippen LogP contribution is 2.18. The lowest BCUT2D eigenvalue weighted by Gasteiger charge is -2.34. The van der Waals surface area contributed by atoms with Crippen LogP contribution in [0.25, 0.3) is 0 Å². The predicted molar refractivity (Wildman–Crippen MR) is 26.4 cm³/mol. The molecule has 0 aromatic carbocycles. The molecule has 0 radical (unpaired) electrons. The maximum absolute atomic E-state index is 9.80. The summed E-state index contributed by atoms with van der Waals surface area (Å²) in [5.41, 5.74) is -0.818. The maximum Gasteiger partial charge on any atom is 0.123 e. The van der Waals surface area contributed by atoms with Gasteiger partial charge in [0.05, 0.1) is 13.2 Å². The first-order valence-corrected chi connectivity index (χ1v) is 2.51. The molecule has 1 heterocycles. The molecule has 3 heteroatoms. The van der Waals surface area contributed by atoms with Gasteiger partial charge >= 0.3 is 0 Å². The molecule has 0 aromatic rings. The Labute approximate surface area is 47.3 Å². The average molecular weight is 116 g/mol. The molecular weight excluding hydrogens is 108 g/mol. The zero-order chi connectivity index (χ0) is 6.04. The van der Waals surface area contributed by atoms with E-state index in [-0.39, 0.29) is 6.42 Å². The van der Waals surface area contributed by atoms with Gasteiger partial charge in [0.25, 0.3) is 0 Å². The Bertz CT molecular complexity index is 95.8. The minimum atomic E-state index is -0.818. The highest BCUT2D eigenvalue weighted by molar-refractivity contribution is 5.51. The topological polar surface area (TPSA) is 46.5 Å². The van der Waals surface area contributed by atoms with Crippen molar-refractivity contribution >= 4 is 6.29 Å². The first-order chi connectivity index (χ1) is 3.77. The Balaban J connectivity index is 2.29. The van der Waals surface area contributed by atoms with E-state index >= 15 is 0 Å². The number of hydrogen-bond donors (Lipinski definition) is 1. The van der Waals surface area contributed by atoms with Crippen molar-refractivity contribution in [2.75, 3.05) is 13.2 Å². The van der Waals surface area contributed by atoms with Crippen molar-refractivity contribution in [1.82, 2.24) is 0 Å². The quantitative estimate of drug-likeness (QED) is 0.487. The van der Waals surface area contributed by atoms with Gasteiger partial charge in [-0.2, -0.15) is 0 Å². The molecular formula is C5H8O3. The number of aldehydes is 1. The van der Waals surface area contributed by atoms with Crippen LogP contribution in [0.15, 0.2) is 0 Å². The van der Waals surface area contributed by atoms with Gasteiger partial charge in [0.15, 0.2) is 0 Å². The van der Waals surface area contributed by atoms with E-state index in [1.54, 1.807) is 0 Å². The summed E-state index contributed by atoms with van der Waals surface area (Å²) in [5.74, 6) is 0. The molecule has 1 rings (SSSR count). The molecule has 8 heavy (non-hydrogen) atoms. The van der Waals surface area contributed by atoms with E-state index in [0.717, 1.165) is 0 Å². The van der Waals surface area contributed by atoms with Gasteiger partial charge in [-0.15, -0.1) is 0 Å². The summed E-state index contributed by atoms with van der Waals surface area (Å²) in [6, 6.07) is 0. The van der Waals surface area contributed by atoms with E-state index in [2.05, 4.69) is 4.74 Å². The van der Waals surface area contributed by atoms with Crippen molar-refractivity contribution in [3.8, 4) is 0 Å². The SMILES string of the molecule is O=CCC1(O)COC1. The second-order valence-electron chi connectivity index (χ2n) is 2.09. The Morgan fingerprint density at radius 3 is 2.50 bits per heavy atom. The molecule has 1 aliphatic heterocycles. The third kappa shape index (κ3) is 0.877. The maximum atomic E-state index is 9.80. The first-order valence-electron chi connectivity index (χ1n) is 2.51. The lowest BCUT2D eigenvalue weighted by Crippen LogP contribution is -2.49. The Morgan fingerprint density at radius 2 is 2.38 bits per heavy atom. The third-order valence-electron chi connectivity index (χ3n) is 1.20. The number of aliphatic hydroxyl groups is 1. The van der Waals surface area contributed by atoms with E-state index in [0.29, 0.717) is 19.5 Å². The number of carbonyl (C=O) groups is 1. The van der Waals surface area contributed by atoms with Crippen LogP contribution in [0.3, 0.4) is 0 Å². The van der Waals surface area contributed by atoms with Crippen LogP contribution >= 0.6 is 0 Å². The number of carbonyl (C=O) groups excluding carboxylic acids is 1. The Morgan fingerprint density at radius 1 is 1.75 bits per heavy atom. The van der Waals surface area contributed by atoms with Crippen LogP contribution < -0.4 is 0 Å². The largest absolute Gasteiger partial charge is 0.385 e. The molecule has 0 amide bonds. The van der Waals surface area contributed by atoms with Gasteiger partial charge < -0.3 is 14.6 Å². The van der Waals surface area contributed by atoms with Crippen molar-refractivity contribution in [3.05, 3.63) is 0 Å². The summed E-state index contributed by atoms with van der Waals surface area (Å²) in [6.45, 7) is 0.622. The molecule has 0 spiro atoms. The van der Waals surface area contributed by atoms with Crippen LogP contribution in [-0.2, 0) is 9.53 Å². The van der Waals surface area contributed by atoms with Crippen LogP contribution in [0.4, 0.5) is 0 Å². The molecule has 1 aliphatic rings. The molecule has 1 fully saturated rings. The fourth-order valence-electron chi connectivity index (χ4n) is 0.611. The number of hydrogen-bond acceptors (Lipinski definition) is 3. The highest BCUT2D eigenvalue weighted by atomic mass is 16.5. The third-order valence-corrected chi connectivity index (χ3v) is 1.20. The van der Waals surface area contributed by atoms with E-state index < -0.39 is 5.60 Å². The average Bonchev–Trinajstić information content (AvgIpc) is 1.64. The molecule has 0 aliphatic carbocycles. The monoisotopic (exact) mass is 116 g/mol. The summed E-state index contributed by atoms with van der Waals surface area (Å²) >= 11 is 0. The van der Waals surface area contributed by atoms with Gasteiger partial charge in [0, 0.05) is 6.42 Å². The van der Waals surface area contributed by atoms with Gasteiger partial charge in [0.1, 0.15) is 11.9 Å². The molecule has 3 nitrogen and oxygen atoms in total. The Kier molecular flexibility index (Phi) is 1.31. The highest BCUT2D eigenvalue weighted by Gasteiger charge is 2.35. The molecule has 0 atom stereocenters. The zero-order valence-electron chi connectivity index (χ0n) is 4.46. The molecule has 1 N–H and O–H groups in total. The van der Waals surface area contributed by atoms with Crippen LogP contribution in [-0.4, -0.2) is 30.2 Å². The van der Waals surface area contributed by atoms with E-state index in [1.807, 2.05) is 0 Å². The molecule has 46 valence electrons. The van der Waals surface area contributed by atoms with E-state index in [4.69, 9.17) is 5.11 Å². The van der Waals surface area contributed by atoms with Crippen molar-refractivity contribution < 1.29 is 14.6 Å². The van der Waals surface area contributed by atoms with Gasteiger partial charge in [0.2, 0.25) is 0 Å². The predicted octanol–water partition coefficient (Wildman–Crippen LogP) is -0.663. The lowest BCUT2D eigenvalue weighted by atomic mass is 9.99. The second kappa shape index (κ2) is 1.84. The van der Waals surface area contributed by atoms with Crippen molar-refractivity contribution in [2.45, 2.75) is 12.0 Å². The number of ether oxygens (including phenoxy) is 1. The molecule has 0 unspecified atom stereocenters. The van der Waals surface area contributed by atoms with Gasteiger partial charge in [-0.05, 0) is 0 Å². The minimum Gasteiger partial charge on any atom is -0.385 e. The normalized spacial score (nSPS) is 24.1. The summed E-state index contributed by atoms with van der Waals surface area (Å²) in [4.78, 5) is 9.80. The zero-order valence-corrected chi connectivity index (χ0v) is 4.46. The fourth-order valence-corrected chi connectivity index (χ4v) is 0.611. The van der Waals surface area contributed by atoms with Gasteiger partial charge in [-0.3, -0.25) is 0 Å². The smallest absolute Gasteiger partial charge is 0.123 e. The molecule has 0 bridgehead atoms. The minimum absolute atomic E-state index is 0.201. The van der Waals surface area contributed by atoms with Crippen LogP contribution in [0.5, 0.6) is 0 Å². The summed E-state index contributed by atoms with van der Waals surface area (Å²) in [5, 5.41) is 9.05. The van der Waals surface area contributed by atoms with Crippen LogP contribution in [0.2, 0.25) is 0 Å². The summed E-state index contributed by atoms with van der Waals surface area (Å²) in [6.07, 6.45) is 0.912. The van der Waals surface area contributed by atoms with Crippen molar-refractivity contribution in [2.24, 2.45) is 0 Å². The van der Waals surface area contributed by atoms with Crippen LogP contribution in [0, 0.1) is 0 Å². The molecule has 1 saturated heterocycles. The first kappa shape index (κ1) is 5.72. The summed E-state index contributed by atoms with van der Waals surface area (Å²) in [7, 11) is 0. The van der Waals surface area contributed by atoms with Gasteiger partial charge in [-0.25, -0.2) is 0 Å². The van der Waals surface area contributed by atoms with Gasteiger partial charge in [-0.1, -0.05) is 0 Å². The van der Waals surface area contributed by atoms with Crippen LogP contribution in [0.1, 0.15) is 6.42 Å². The van der Waals surface area contributed by atoms with E-state index in [9.17, 15) is 4.79 Å². The fraction of sp³-hybridized carbons (Fsp3) is 0.800. The number of rotatable bonds is 2. The standard InChI is InChI=1S/C5H8O3/c6-2-1-5(7)3-8-4-5/h2,7H,1,3-4H2. The molecule has 0 saturated carbocycles. The second-order valence-corrected chi connectivity index (χ2v) is 2.09. The van der Waals surface area contributed by atoms with E-state index in [1.165, 1.54) is 0 Å². The summed E-state index contributed by atoms with van der Waals surface area (Å²) < 4.78 is 4.68. The Hall–Kier alpha value is -0.410. The lowest BCUT2D eigenvalue weighted by molar-refractivity contribution is -0.180. The molecule has 0 aromatic heterocycles. The van der Waals surface area contributed by atoms with Crippen molar-refractivity contribution in [1.29, 1.82) is 0 Å².